The van der Waals surface area contributed by atoms with Crippen LogP contribution < -0.4 is 0 Å². The number of unbranched alkanes of at least 4 members (excludes halogenated alkanes) is 7. The summed E-state index contributed by atoms with van der Waals surface area (Å²) in [5.41, 5.74) is 0. The van der Waals surface area contributed by atoms with Crippen molar-refractivity contribution in [2.45, 2.75) is 58.3 Å². The number of carbonyl (C=O) groups excluding carboxylic acids is 1. The van der Waals surface area contributed by atoms with Crippen molar-refractivity contribution in [2.24, 2.45) is 4.99 Å². The van der Waals surface area contributed by atoms with E-state index in [9.17, 15) is 4.79 Å². The highest BCUT2D eigenvalue weighted by atomic mass is 16.1. The molecule has 0 spiro atoms. The number of hydrogen-bond donors (Lipinski definition) is 0. The van der Waals surface area contributed by atoms with E-state index in [2.05, 4.69) is 18.0 Å². The van der Waals surface area contributed by atoms with E-state index in [4.69, 9.17) is 0 Å². The molecule has 0 rings (SSSR count). The number of aliphatic imine (C=N–C) groups is 1. The third-order valence-corrected chi connectivity index (χ3v) is 2.40. The summed E-state index contributed by atoms with van der Waals surface area (Å²) in [6, 6.07) is 0. The van der Waals surface area contributed by atoms with Crippen LogP contribution in [-0.2, 0) is 4.79 Å². The molecule has 0 aromatic heterocycles. The van der Waals surface area contributed by atoms with Gasteiger partial charge in [0.25, 0.3) is 0 Å². The minimum Gasteiger partial charge on any atom is -0.211 e. The number of allylic oxidation sites excluding steroid dienone is 1. The molecule has 0 aromatic rings. The molecule has 2 heteroatoms. The third kappa shape index (κ3) is 13.1. The van der Waals surface area contributed by atoms with Gasteiger partial charge in [0.1, 0.15) is 0 Å². The Kier molecular flexibility index (Phi) is 12.4. The van der Waals surface area contributed by atoms with Gasteiger partial charge >= 0.3 is 0 Å². The molecular weight excluding hydrogens is 186 g/mol. The highest BCUT2D eigenvalue weighted by Crippen LogP contribution is 2.08. The summed E-state index contributed by atoms with van der Waals surface area (Å²) in [5, 5.41) is 0. The van der Waals surface area contributed by atoms with Crippen molar-refractivity contribution in [3.8, 4) is 0 Å². The molecule has 0 fully saturated rings. The minimum atomic E-state index is 0.486. The summed E-state index contributed by atoms with van der Waals surface area (Å²) in [6.45, 7) is 2.73. The van der Waals surface area contributed by atoms with Crippen LogP contribution in [0.1, 0.15) is 58.3 Å². The van der Waals surface area contributed by atoms with E-state index < -0.39 is 0 Å². The zero-order valence-electron chi connectivity index (χ0n) is 9.87. The highest BCUT2D eigenvalue weighted by molar-refractivity contribution is 5.33. The lowest BCUT2D eigenvalue weighted by atomic mass is 10.1. The van der Waals surface area contributed by atoms with Crippen molar-refractivity contribution in [1.29, 1.82) is 0 Å². The molecule has 0 amide bonds. The van der Waals surface area contributed by atoms with Crippen LogP contribution in [0.3, 0.4) is 0 Å². The van der Waals surface area contributed by atoms with Gasteiger partial charge in [0, 0.05) is 0 Å². The average Bonchev–Trinajstić information content (AvgIpc) is 2.26. The van der Waals surface area contributed by atoms with Gasteiger partial charge in [-0.2, -0.15) is 0 Å². The fourth-order valence-electron chi connectivity index (χ4n) is 1.50. The summed E-state index contributed by atoms with van der Waals surface area (Å²) in [6.07, 6.45) is 16.1. The summed E-state index contributed by atoms with van der Waals surface area (Å²) in [4.78, 5) is 13.2. The Morgan fingerprint density at radius 1 is 1.00 bits per heavy atom. The molecule has 0 atom stereocenters. The quantitative estimate of drug-likeness (QED) is 0.231. The number of isocyanates is 1. The van der Waals surface area contributed by atoms with Crippen molar-refractivity contribution in [3.63, 3.8) is 0 Å². The zero-order valence-corrected chi connectivity index (χ0v) is 9.87. The molecule has 0 saturated heterocycles. The third-order valence-electron chi connectivity index (χ3n) is 2.40. The van der Waals surface area contributed by atoms with Crippen LogP contribution in [0.5, 0.6) is 0 Å². The maximum Gasteiger partial charge on any atom is 0.235 e. The summed E-state index contributed by atoms with van der Waals surface area (Å²) >= 11 is 0. The summed E-state index contributed by atoms with van der Waals surface area (Å²) in [7, 11) is 0. The first-order valence-corrected chi connectivity index (χ1v) is 6.10. The van der Waals surface area contributed by atoms with Crippen LogP contribution in [0.15, 0.2) is 17.1 Å². The zero-order chi connectivity index (χ0) is 11.2. The smallest absolute Gasteiger partial charge is 0.211 e. The van der Waals surface area contributed by atoms with Crippen LogP contribution >= 0.6 is 0 Å². The van der Waals surface area contributed by atoms with Gasteiger partial charge in [0.2, 0.25) is 6.08 Å². The summed E-state index contributed by atoms with van der Waals surface area (Å²) in [5.74, 6) is 0. The van der Waals surface area contributed by atoms with Gasteiger partial charge in [-0.15, -0.1) is 0 Å². The molecule has 0 aromatic carbocycles. The van der Waals surface area contributed by atoms with Crippen molar-refractivity contribution >= 4 is 6.08 Å². The molecule has 0 aliphatic heterocycles. The van der Waals surface area contributed by atoms with Gasteiger partial charge in [-0.3, -0.25) is 0 Å². The molecule has 86 valence electrons. The van der Waals surface area contributed by atoms with Crippen LogP contribution in [0.25, 0.3) is 0 Å². The lowest BCUT2D eigenvalue weighted by Gasteiger charge is -1.98. The van der Waals surface area contributed by atoms with Crippen LogP contribution in [0, 0.1) is 0 Å². The lowest BCUT2D eigenvalue weighted by molar-refractivity contribution is 0.564. The summed E-state index contributed by atoms with van der Waals surface area (Å²) < 4.78 is 0. The largest absolute Gasteiger partial charge is 0.235 e. The lowest BCUT2D eigenvalue weighted by Crippen LogP contribution is -1.79. The molecular formula is C13H23NO. The standard InChI is InChI=1S/C13H23NO/c1-2-3-4-5-6-7-8-9-10-11-12-14-13-15/h10-11H,2-9,12H2,1H3. The van der Waals surface area contributed by atoms with Crippen LogP contribution in [0.2, 0.25) is 0 Å². The second-order valence-corrected chi connectivity index (χ2v) is 3.81. The van der Waals surface area contributed by atoms with E-state index in [1.807, 2.05) is 6.08 Å². The van der Waals surface area contributed by atoms with Gasteiger partial charge in [0.05, 0.1) is 6.54 Å². The Morgan fingerprint density at radius 2 is 1.67 bits per heavy atom. The molecule has 0 aliphatic carbocycles. The van der Waals surface area contributed by atoms with E-state index in [1.54, 1.807) is 0 Å². The Morgan fingerprint density at radius 3 is 2.33 bits per heavy atom. The fourth-order valence-corrected chi connectivity index (χ4v) is 1.50. The highest BCUT2D eigenvalue weighted by Gasteiger charge is 1.88. The number of nitrogens with zero attached hydrogens (tertiary/aromatic N) is 1. The van der Waals surface area contributed by atoms with E-state index in [0.29, 0.717) is 6.54 Å². The van der Waals surface area contributed by atoms with Crippen molar-refractivity contribution in [1.82, 2.24) is 0 Å². The molecule has 2 nitrogen and oxygen atoms in total. The molecule has 0 aliphatic rings. The van der Waals surface area contributed by atoms with Crippen molar-refractivity contribution in [2.75, 3.05) is 6.54 Å². The molecule has 0 heterocycles. The first-order chi connectivity index (χ1) is 7.41. The number of rotatable bonds is 10. The maximum atomic E-state index is 9.74. The Bertz CT molecular complexity index is 193. The second-order valence-electron chi connectivity index (χ2n) is 3.81. The fraction of sp³-hybridized carbons (Fsp3) is 0.769. The predicted molar refractivity (Wildman–Crippen MR) is 64.7 cm³/mol. The number of hydrogen-bond acceptors (Lipinski definition) is 2. The first kappa shape index (κ1) is 14.1. The molecule has 0 N–H and O–H groups in total. The SMILES string of the molecule is CCCCCCCCCC=CCN=C=O. The second kappa shape index (κ2) is 13.1. The Hall–Kier alpha value is -0.880. The maximum absolute atomic E-state index is 9.74. The van der Waals surface area contributed by atoms with Gasteiger partial charge in [-0.25, -0.2) is 9.79 Å². The molecule has 0 bridgehead atoms. The topological polar surface area (TPSA) is 29.4 Å². The van der Waals surface area contributed by atoms with Crippen LogP contribution in [0.4, 0.5) is 0 Å². The van der Waals surface area contributed by atoms with Gasteiger partial charge in [-0.05, 0) is 12.8 Å². The molecule has 15 heavy (non-hydrogen) atoms. The van der Waals surface area contributed by atoms with E-state index in [0.717, 1.165) is 6.42 Å². The normalized spacial score (nSPS) is 10.5. The molecule has 0 saturated carbocycles. The Labute approximate surface area is 93.5 Å². The van der Waals surface area contributed by atoms with Crippen molar-refractivity contribution in [3.05, 3.63) is 12.2 Å². The van der Waals surface area contributed by atoms with Crippen LogP contribution in [-0.4, -0.2) is 12.6 Å². The molecule has 0 radical (unpaired) electrons. The first-order valence-electron chi connectivity index (χ1n) is 6.10. The van der Waals surface area contributed by atoms with Gasteiger partial charge in [-0.1, -0.05) is 57.6 Å². The van der Waals surface area contributed by atoms with E-state index >= 15 is 0 Å². The van der Waals surface area contributed by atoms with Gasteiger partial charge in [0.15, 0.2) is 0 Å². The molecule has 0 unspecified atom stereocenters. The monoisotopic (exact) mass is 209 g/mol. The average molecular weight is 209 g/mol. The predicted octanol–water partition coefficient (Wildman–Crippen LogP) is 4.02. The van der Waals surface area contributed by atoms with Crippen molar-refractivity contribution < 1.29 is 4.79 Å². The minimum absolute atomic E-state index is 0.486. The van der Waals surface area contributed by atoms with E-state index in [1.165, 1.54) is 51.0 Å². The Balaban J connectivity index is 3.04. The van der Waals surface area contributed by atoms with E-state index in [-0.39, 0.29) is 0 Å². The van der Waals surface area contributed by atoms with Gasteiger partial charge < -0.3 is 0 Å².